The second-order valence-electron chi connectivity index (χ2n) is 3.40. The number of ether oxygens (including phenoxy) is 1. The third-order valence-electron chi connectivity index (χ3n) is 1.81. The molecule has 0 bridgehead atoms. The van der Waals surface area contributed by atoms with Gasteiger partial charge in [-0.3, -0.25) is 10.1 Å². The molecule has 3 amide bonds. The van der Waals surface area contributed by atoms with Gasteiger partial charge in [0.2, 0.25) is 0 Å². The van der Waals surface area contributed by atoms with Gasteiger partial charge >= 0.3 is 12.0 Å². The minimum Gasteiger partial charge on any atom is -0.480 e. The maximum Gasteiger partial charge on any atom is 0.329 e. The van der Waals surface area contributed by atoms with Crippen molar-refractivity contribution in [2.75, 3.05) is 18.5 Å². The van der Waals surface area contributed by atoms with Crippen LogP contribution in [0.2, 0.25) is 0 Å². The number of carbonyl (C=O) groups is 3. The average Bonchev–Trinajstić information content (AvgIpc) is 2.31. The lowest BCUT2D eigenvalue weighted by Crippen LogP contribution is -2.37. The molecule has 0 aliphatic heterocycles. The summed E-state index contributed by atoms with van der Waals surface area (Å²) in [5.74, 6) is -1.91. The van der Waals surface area contributed by atoms with Crippen LogP contribution in [0.15, 0.2) is 28.7 Å². The van der Waals surface area contributed by atoms with Crippen molar-refractivity contribution in [1.82, 2.24) is 5.32 Å². The molecule has 0 unspecified atom stereocenters. The van der Waals surface area contributed by atoms with Crippen LogP contribution in [0.4, 0.5) is 10.5 Å². The Morgan fingerprint density at radius 2 is 1.79 bits per heavy atom. The van der Waals surface area contributed by atoms with Crippen molar-refractivity contribution in [1.29, 1.82) is 0 Å². The molecule has 0 spiro atoms. The predicted octanol–water partition coefficient (Wildman–Crippen LogP) is 1.20. The Balaban J connectivity index is 2.32. The van der Waals surface area contributed by atoms with Gasteiger partial charge in [0.15, 0.2) is 0 Å². The Kier molecular flexibility index (Phi) is 5.97. The first-order chi connectivity index (χ1) is 8.97. The standard InChI is InChI=1S/C11H11BrN2O5/c12-7-1-3-8(4-2-7)13-11(18)14-9(15)5-19-6-10(16)17/h1-4H,5-6H2,(H,16,17)(H2,13,14,15,18). The molecule has 0 radical (unpaired) electrons. The van der Waals surface area contributed by atoms with E-state index < -0.39 is 31.1 Å². The number of carbonyl (C=O) groups excluding carboxylic acids is 2. The summed E-state index contributed by atoms with van der Waals surface area (Å²) in [6.45, 7) is -1.10. The van der Waals surface area contributed by atoms with Crippen LogP contribution in [0.3, 0.4) is 0 Å². The minimum atomic E-state index is -1.19. The number of carboxylic acid groups (broad SMARTS) is 1. The molecule has 19 heavy (non-hydrogen) atoms. The van der Waals surface area contributed by atoms with E-state index in [-0.39, 0.29) is 0 Å². The van der Waals surface area contributed by atoms with Crippen LogP contribution in [-0.4, -0.2) is 36.2 Å². The second kappa shape index (κ2) is 7.49. The summed E-state index contributed by atoms with van der Waals surface area (Å²) in [4.78, 5) is 32.7. The SMILES string of the molecule is O=C(O)COCC(=O)NC(=O)Nc1ccc(Br)cc1. The molecule has 0 heterocycles. The Bertz CT molecular complexity index is 474. The van der Waals surface area contributed by atoms with Crippen LogP contribution in [0.5, 0.6) is 0 Å². The first-order valence-electron chi connectivity index (χ1n) is 5.13. The third-order valence-corrected chi connectivity index (χ3v) is 2.34. The Hall–Kier alpha value is -1.93. The number of nitrogens with one attached hydrogen (secondary N) is 2. The van der Waals surface area contributed by atoms with Gasteiger partial charge < -0.3 is 15.2 Å². The van der Waals surface area contributed by atoms with Crippen molar-refractivity contribution in [3.8, 4) is 0 Å². The smallest absolute Gasteiger partial charge is 0.329 e. The van der Waals surface area contributed by atoms with Gasteiger partial charge in [-0.15, -0.1) is 0 Å². The van der Waals surface area contributed by atoms with E-state index >= 15 is 0 Å². The summed E-state index contributed by atoms with van der Waals surface area (Å²) in [6.07, 6.45) is 0. The fourth-order valence-corrected chi connectivity index (χ4v) is 1.35. The number of urea groups is 1. The van der Waals surface area contributed by atoms with Crippen LogP contribution >= 0.6 is 15.9 Å². The normalized spacial score (nSPS) is 9.74. The van der Waals surface area contributed by atoms with Gasteiger partial charge in [0.25, 0.3) is 5.91 Å². The van der Waals surface area contributed by atoms with E-state index in [1.54, 1.807) is 24.3 Å². The number of halogens is 1. The average molecular weight is 331 g/mol. The maximum atomic E-state index is 11.4. The summed E-state index contributed by atoms with van der Waals surface area (Å²) in [5, 5.41) is 12.7. The highest BCUT2D eigenvalue weighted by Gasteiger charge is 2.08. The van der Waals surface area contributed by atoms with E-state index in [1.807, 2.05) is 5.32 Å². The lowest BCUT2D eigenvalue weighted by Gasteiger charge is -2.06. The van der Waals surface area contributed by atoms with Gasteiger partial charge in [-0.2, -0.15) is 0 Å². The van der Waals surface area contributed by atoms with Crippen molar-refractivity contribution in [3.63, 3.8) is 0 Å². The molecular formula is C11H11BrN2O5. The van der Waals surface area contributed by atoms with Crippen molar-refractivity contribution in [2.24, 2.45) is 0 Å². The molecule has 102 valence electrons. The summed E-state index contributed by atoms with van der Waals surface area (Å²) in [7, 11) is 0. The molecule has 1 aromatic carbocycles. The Labute approximate surface area is 117 Å². The second-order valence-corrected chi connectivity index (χ2v) is 4.31. The first kappa shape index (κ1) is 15.1. The van der Waals surface area contributed by atoms with Gasteiger partial charge in [-0.25, -0.2) is 9.59 Å². The molecule has 0 saturated carbocycles. The van der Waals surface area contributed by atoms with Gasteiger partial charge in [0.1, 0.15) is 13.2 Å². The number of hydrogen-bond acceptors (Lipinski definition) is 4. The Morgan fingerprint density at radius 1 is 1.16 bits per heavy atom. The van der Waals surface area contributed by atoms with Crippen LogP contribution in [0.1, 0.15) is 0 Å². The number of rotatable bonds is 5. The Morgan fingerprint density at radius 3 is 2.37 bits per heavy atom. The number of carboxylic acids is 1. The van der Waals surface area contributed by atoms with Crippen LogP contribution in [0.25, 0.3) is 0 Å². The quantitative estimate of drug-likeness (QED) is 0.752. The van der Waals surface area contributed by atoms with E-state index in [2.05, 4.69) is 26.0 Å². The number of imide groups is 1. The van der Waals surface area contributed by atoms with Crippen molar-refractivity contribution >= 4 is 39.5 Å². The number of anilines is 1. The van der Waals surface area contributed by atoms with Gasteiger partial charge in [0, 0.05) is 10.2 Å². The summed E-state index contributed by atoms with van der Waals surface area (Å²) >= 11 is 3.25. The largest absolute Gasteiger partial charge is 0.480 e. The third kappa shape index (κ3) is 6.53. The lowest BCUT2D eigenvalue weighted by atomic mass is 10.3. The van der Waals surface area contributed by atoms with Crippen LogP contribution < -0.4 is 10.6 Å². The van der Waals surface area contributed by atoms with E-state index in [1.165, 1.54) is 0 Å². The predicted molar refractivity (Wildman–Crippen MR) is 69.8 cm³/mol. The summed E-state index contributed by atoms with van der Waals surface area (Å²) in [5.41, 5.74) is 0.514. The maximum absolute atomic E-state index is 11.4. The van der Waals surface area contributed by atoms with Crippen molar-refractivity contribution in [2.45, 2.75) is 0 Å². The molecule has 0 aliphatic carbocycles. The number of benzene rings is 1. The molecular weight excluding hydrogens is 320 g/mol. The number of amides is 3. The highest BCUT2D eigenvalue weighted by molar-refractivity contribution is 9.10. The fourth-order valence-electron chi connectivity index (χ4n) is 1.09. The monoisotopic (exact) mass is 330 g/mol. The van der Waals surface area contributed by atoms with Gasteiger partial charge in [0.05, 0.1) is 0 Å². The first-order valence-corrected chi connectivity index (χ1v) is 5.92. The molecule has 0 aromatic heterocycles. The van der Waals surface area contributed by atoms with Crippen molar-refractivity contribution in [3.05, 3.63) is 28.7 Å². The number of aliphatic carboxylic acids is 1. The van der Waals surface area contributed by atoms with E-state index in [0.29, 0.717) is 5.69 Å². The molecule has 1 rings (SSSR count). The van der Waals surface area contributed by atoms with Gasteiger partial charge in [-0.1, -0.05) is 15.9 Å². The molecule has 0 aliphatic rings. The van der Waals surface area contributed by atoms with Crippen LogP contribution in [-0.2, 0) is 14.3 Å². The molecule has 0 atom stereocenters. The zero-order valence-electron chi connectivity index (χ0n) is 9.68. The minimum absolute atomic E-state index is 0.500. The van der Waals surface area contributed by atoms with Crippen molar-refractivity contribution < 1.29 is 24.2 Å². The molecule has 8 heteroatoms. The lowest BCUT2D eigenvalue weighted by molar-refractivity contribution is -0.143. The fraction of sp³-hybridized carbons (Fsp3) is 0.182. The highest BCUT2D eigenvalue weighted by Crippen LogP contribution is 2.13. The summed E-state index contributed by atoms with van der Waals surface area (Å²) in [6, 6.07) is 6.04. The van der Waals surface area contributed by atoms with E-state index in [9.17, 15) is 14.4 Å². The molecule has 1 aromatic rings. The van der Waals surface area contributed by atoms with Crippen LogP contribution in [0, 0.1) is 0 Å². The van der Waals surface area contributed by atoms with E-state index in [4.69, 9.17) is 5.11 Å². The number of hydrogen-bond donors (Lipinski definition) is 3. The topological polar surface area (TPSA) is 105 Å². The highest BCUT2D eigenvalue weighted by atomic mass is 79.9. The molecule has 0 saturated heterocycles. The molecule has 7 nitrogen and oxygen atoms in total. The molecule has 3 N–H and O–H groups in total. The zero-order valence-corrected chi connectivity index (χ0v) is 11.3. The molecule has 0 fully saturated rings. The van der Waals surface area contributed by atoms with Gasteiger partial charge in [-0.05, 0) is 24.3 Å². The van der Waals surface area contributed by atoms with E-state index in [0.717, 1.165) is 4.47 Å². The zero-order chi connectivity index (χ0) is 14.3. The summed E-state index contributed by atoms with van der Waals surface area (Å²) < 4.78 is 5.38.